The molecular weight excluding hydrogens is 408 g/mol. The van der Waals surface area contributed by atoms with E-state index >= 15 is 0 Å². The molecule has 1 heterocycles. The van der Waals surface area contributed by atoms with Crippen molar-refractivity contribution in [1.29, 1.82) is 0 Å². The first-order valence-electron chi connectivity index (χ1n) is 13.8. The van der Waals surface area contributed by atoms with Crippen molar-refractivity contribution in [3.8, 4) is 0 Å². The van der Waals surface area contributed by atoms with E-state index in [1.54, 1.807) is 5.57 Å². The Hall–Kier alpha value is -0.830. The summed E-state index contributed by atoms with van der Waals surface area (Å²) in [5.74, 6) is 1.79. The van der Waals surface area contributed by atoms with Crippen molar-refractivity contribution in [2.45, 2.75) is 118 Å². The first kappa shape index (κ1) is 22.6. The quantitative estimate of drug-likeness (QED) is 0.328. The van der Waals surface area contributed by atoms with Gasteiger partial charge in [-0.2, -0.15) is 0 Å². The number of hydrogen-bond acceptors (Lipinski definition) is 3. The molecule has 0 aromatic carbocycles. The van der Waals surface area contributed by atoms with Gasteiger partial charge in [-0.05, 0) is 97.7 Å². The van der Waals surface area contributed by atoms with E-state index in [0.29, 0.717) is 17.8 Å². The molecule has 184 valence electrons. The van der Waals surface area contributed by atoms with Gasteiger partial charge in [-0.15, -0.1) is 0 Å². The Labute approximate surface area is 201 Å². The molecule has 4 saturated carbocycles. The Kier molecular flexibility index (Phi) is 4.31. The van der Waals surface area contributed by atoms with E-state index < -0.39 is 0 Å². The van der Waals surface area contributed by atoms with Crippen molar-refractivity contribution in [3.05, 3.63) is 11.6 Å². The van der Waals surface area contributed by atoms with E-state index in [0.717, 1.165) is 25.7 Å². The molecule has 0 aromatic rings. The Morgan fingerprint density at radius 3 is 2.33 bits per heavy atom. The van der Waals surface area contributed by atoms with Gasteiger partial charge in [-0.1, -0.05) is 53.2 Å². The molecule has 1 saturated heterocycles. The molecule has 6 rings (SSSR count). The largest absolute Gasteiger partial charge is 0.461 e. The summed E-state index contributed by atoms with van der Waals surface area (Å²) in [6, 6.07) is 0. The Morgan fingerprint density at radius 1 is 0.879 bits per heavy atom. The number of fused-ring (bicyclic) bond motifs is 10. The highest BCUT2D eigenvalue weighted by Gasteiger charge is 2.70. The summed E-state index contributed by atoms with van der Waals surface area (Å²) in [5.41, 5.74) is 2.25. The molecule has 5 aliphatic carbocycles. The van der Waals surface area contributed by atoms with Gasteiger partial charge < -0.3 is 9.84 Å². The zero-order valence-electron chi connectivity index (χ0n) is 22.1. The zero-order chi connectivity index (χ0) is 23.8. The van der Waals surface area contributed by atoms with Gasteiger partial charge >= 0.3 is 5.97 Å². The first-order valence-corrected chi connectivity index (χ1v) is 13.8. The number of allylic oxidation sites excluding steroid dienone is 2. The van der Waals surface area contributed by atoms with Gasteiger partial charge in [0.15, 0.2) is 0 Å². The third-order valence-electron chi connectivity index (χ3n) is 13.6. The fraction of sp³-hybridized carbons (Fsp3) is 0.900. The van der Waals surface area contributed by atoms with Crippen LogP contribution in [0.4, 0.5) is 0 Å². The lowest BCUT2D eigenvalue weighted by molar-refractivity contribution is -0.204. The van der Waals surface area contributed by atoms with Crippen molar-refractivity contribution in [1.82, 2.24) is 0 Å². The average molecular weight is 455 g/mol. The van der Waals surface area contributed by atoms with Gasteiger partial charge in [-0.25, -0.2) is 0 Å². The zero-order valence-corrected chi connectivity index (χ0v) is 22.1. The second-order valence-electron chi connectivity index (χ2n) is 15.1. The number of carbonyl (C=O) groups is 1. The van der Waals surface area contributed by atoms with E-state index in [1.165, 1.54) is 32.1 Å². The van der Waals surface area contributed by atoms with E-state index in [9.17, 15) is 9.90 Å². The van der Waals surface area contributed by atoms with Crippen molar-refractivity contribution >= 4 is 5.97 Å². The Bertz CT molecular complexity index is 935. The van der Waals surface area contributed by atoms with Crippen molar-refractivity contribution in [3.63, 3.8) is 0 Å². The highest BCUT2D eigenvalue weighted by Crippen LogP contribution is 2.76. The van der Waals surface area contributed by atoms with E-state index in [-0.39, 0.29) is 50.7 Å². The number of aliphatic hydroxyl groups excluding tert-OH is 1. The molecule has 0 amide bonds. The third-order valence-corrected chi connectivity index (χ3v) is 13.6. The second kappa shape index (κ2) is 6.29. The third kappa shape index (κ3) is 2.44. The molecule has 0 unspecified atom stereocenters. The minimum Gasteiger partial charge on any atom is -0.461 e. The number of ether oxygens (including phenoxy) is 1. The highest BCUT2D eigenvalue weighted by atomic mass is 16.6. The molecule has 1 N–H and O–H groups in total. The van der Waals surface area contributed by atoms with Crippen LogP contribution in [-0.4, -0.2) is 23.3 Å². The SMILES string of the molecule is CC1(C)[C@@H](O)CC[C@]2(C)[C@H]3CC=C4[C@@H]5C[C@@]6(C)C[C@@H](OC6=O)[C@]5(C)CC[C@@]4(C)[C@]3(C)CC[C@@H]12. The second-order valence-corrected chi connectivity index (χ2v) is 15.1. The maximum absolute atomic E-state index is 12.8. The average Bonchev–Trinajstić information content (AvgIpc) is 3.00. The van der Waals surface area contributed by atoms with Crippen molar-refractivity contribution < 1.29 is 14.6 Å². The number of carbonyl (C=O) groups excluding carboxylic acids is 1. The van der Waals surface area contributed by atoms with Crippen LogP contribution in [0, 0.1) is 50.2 Å². The van der Waals surface area contributed by atoms with Crippen molar-refractivity contribution in [2.75, 3.05) is 0 Å². The number of hydrogen-bond donors (Lipinski definition) is 1. The van der Waals surface area contributed by atoms with Crippen molar-refractivity contribution in [2.24, 2.45) is 50.2 Å². The molecule has 3 nitrogen and oxygen atoms in total. The Morgan fingerprint density at radius 2 is 1.61 bits per heavy atom. The predicted octanol–water partition coefficient (Wildman–Crippen LogP) is 6.68. The molecule has 0 radical (unpaired) electrons. The minimum absolute atomic E-state index is 0.000773. The number of aliphatic hydroxyl groups is 1. The smallest absolute Gasteiger partial charge is 0.312 e. The van der Waals surface area contributed by atoms with Crippen LogP contribution in [0.3, 0.4) is 0 Å². The van der Waals surface area contributed by atoms with Gasteiger partial charge in [0, 0.05) is 11.8 Å². The van der Waals surface area contributed by atoms with Gasteiger partial charge in [0.05, 0.1) is 11.5 Å². The van der Waals surface area contributed by atoms with Gasteiger partial charge in [-0.3, -0.25) is 4.79 Å². The molecule has 2 bridgehead atoms. The first-order chi connectivity index (χ1) is 15.2. The molecule has 0 spiro atoms. The van der Waals surface area contributed by atoms with E-state index in [2.05, 4.69) is 54.5 Å². The molecule has 0 aromatic heterocycles. The molecular formula is C30H46O3. The minimum atomic E-state index is -0.293. The lowest BCUT2D eigenvalue weighted by Gasteiger charge is -2.71. The standard InChI is InChI=1S/C30H46O3/c1-25(2)20-10-13-30(7)21(28(20,5)12-11-22(25)31)9-8-18-19-16-26(3)17-23(33-24(26)32)27(19,4)14-15-29(18,30)6/h8,19-23,31H,9-17H2,1-7H3/t19-,20-,21+,22-,23+,26-,27+,28-,29+,30+/m0/s1. The van der Waals surface area contributed by atoms with Crippen LogP contribution in [-0.2, 0) is 9.53 Å². The van der Waals surface area contributed by atoms with Crippen LogP contribution in [0.25, 0.3) is 0 Å². The van der Waals surface area contributed by atoms with Gasteiger partial charge in [0.1, 0.15) is 6.10 Å². The number of esters is 1. The van der Waals surface area contributed by atoms with Crippen LogP contribution >= 0.6 is 0 Å². The molecule has 1 aliphatic heterocycles. The van der Waals surface area contributed by atoms with Crippen LogP contribution in [0.15, 0.2) is 11.6 Å². The number of rotatable bonds is 0. The summed E-state index contributed by atoms with van der Waals surface area (Å²) in [7, 11) is 0. The van der Waals surface area contributed by atoms with Gasteiger partial charge in [0.25, 0.3) is 0 Å². The maximum Gasteiger partial charge on any atom is 0.312 e. The fourth-order valence-corrected chi connectivity index (χ4v) is 11.1. The topological polar surface area (TPSA) is 46.5 Å². The fourth-order valence-electron chi connectivity index (χ4n) is 11.1. The summed E-state index contributed by atoms with van der Waals surface area (Å²) in [6.45, 7) is 17.1. The summed E-state index contributed by atoms with van der Waals surface area (Å²) in [5, 5.41) is 10.9. The van der Waals surface area contributed by atoms with Gasteiger partial charge in [0.2, 0.25) is 0 Å². The summed E-state index contributed by atoms with van der Waals surface area (Å²) >= 11 is 0. The molecule has 33 heavy (non-hydrogen) atoms. The lowest BCUT2D eigenvalue weighted by atomic mass is 9.33. The maximum atomic E-state index is 12.8. The monoisotopic (exact) mass is 454 g/mol. The van der Waals surface area contributed by atoms with Crippen LogP contribution in [0.1, 0.15) is 106 Å². The predicted molar refractivity (Wildman–Crippen MR) is 130 cm³/mol. The molecule has 6 aliphatic rings. The molecule has 10 atom stereocenters. The summed E-state index contributed by atoms with van der Waals surface area (Å²) in [4.78, 5) is 12.8. The summed E-state index contributed by atoms with van der Waals surface area (Å²) < 4.78 is 6.03. The van der Waals surface area contributed by atoms with Crippen LogP contribution in [0.2, 0.25) is 0 Å². The normalized spacial score (nSPS) is 58.8. The van der Waals surface area contributed by atoms with Crippen LogP contribution in [0.5, 0.6) is 0 Å². The molecule has 3 heteroatoms. The van der Waals surface area contributed by atoms with E-state index in [4.69, 9.17) is 4.74 Å². The Balaban J connectivity index is 1.43. The molecule has 5 fully saturated rings. The van der Waals surface area contributed by atoms with E-state index in [1.807, 2.05) is 0 Å². The summed E-state index contributed by atoms with van der Waals surface area (Å²) in [6.07, 6.45) is 12.6. The lowest BCUT2D eigenvalue weighted by Crippen LogP contribution is -2.65. The van der Waals surface area contributed by atoms with Crippen LogP contribution < -0.4 is 0 Å². The highest BCUT2D eigenvalue weighted by molar-refractivity contribution is 5.79.